The molecule has 2 N–H and O–H groups in total. The Morgan fingerprint density at radius 1 is 1.43 bits per heavy atom. The van der Waals surface area contributed by atoms with Crippen molar-refractivity contribution in [1.29, 1.82) is 0 Å². The number of carboxylic acid groups (broad SMARTS) is 1. The number of aliphatic carboxylic acids is 1. The monoisotopic (exact) mass is 334 g/mol. The summed E-state index contributed by atoms with van der Waals surface area (Å²) in [5.41, 5.74) is 1.56. The molecule has 0 bridgehead atoms. The minimum absolute atomic E-state index is 0.227. The van der Waals surface area contributed by atoms with Gasteiger partial charge in [-0.15, -0.1) is 11.8 Å². The summed E-state index contributed by atoms with van der Waals surface area (Å²) < 4.78 is 5.33. The topological polar surface area (TPSA) is 88.5 Å². The first-order chi connectivity index (χ1) is 10.9. The van der Waals surface area contributed by atoms with E-state index < -0.39 is 12.0 Å². The van der Waals surface area contributed by atoms with Crippen LogP contribution in [-0.2, 0) is 9.59 Å². The fourth-order valence-electron chi connectivity index (χ4n) is 2.19. The van der Waals surface area contributed by atoms with Crippen LogP contribution in [0.4, 0.5) is 0 Å². The lowest BCUT2D eigenvalue weighted by molar-refractivity contribution is -0.140. The molecule has 23 heavy (non-hydrogen) atoms. The molecule has 7 heteroatoms. The van der Waals surface area contributed by atoms with Gasteiger partial charge < -0.3 is 15.2 Å². The van der Waals surface area contributed by atoms with Crippen molar-refractivity contribution < 1.29 is 19.4 Å². The Hall–Kier alpha value is -2.28. The average Bonchev–Trinajstić information content (AvgIpc) is 2.49. The Bertz CT molecular complexity index is 748. The van der Waals surface area contributed by atoms with Crippen LogP contribution in [0, 0.1) is 6.92 Å². The largest absolute Gasteiger partial charge is 0.494 e. The zero-order valence-electron chi connectivity index (χ0n) is 13.1. The fourth-order valence-corrected chi connectivity index (χ4v) is 3.34. The van der Waals surface area contributed by atoms with Crippen LogP contribution >= 0.6 is 11.8 Å². The minimum Gasteiger partial charge on any atom is -0.494 e. The number of ether oxygens (including phenoxy) is 1. The van der Waals surface area contributed by atoms with Crippen molar-refractivity contribution in [3.8, 4) is 5.75 Å². The molecule has 1 amide bonds. The Morgan fingerprint density at radius 2 is 2.17 bits per heavy atom. The van der Waals surface area contributed by atoms with Crippen molar-refractivity contribution in [3.05, 3.63) is 30.0 Å². The van der Waals surface area contributed by atoms with Crippen LogP contribution in [-0.4, -0.2) is 40.9 Å². The molecule has 1 aromatic carbocycles. The first kappa shape index (κ1) is 17.1. The number of carbonyl (C=O) groups is 2. The number of hydrogen-bond acceptors (Lipinski definition) is 5. The van der Waals surface area contributed by atoms with E-state index >= 15 is 0 Å². The molecule has 0 radical (unpaired) electrons. The molecule has 0 aliphatic heterocycles. The van der Waals surface area contributed by atoms with Crippen molar-refractivity contribution in [2.24, 2.45) is 0 Å². The van der Waals surface area contributed by atoms with Crippen molar-refractivity contribution in [2.75, 3.05) is 12.9 Å². The number of nitrogens with zero attached hydrogens (tertiary/aromatic N) is 1. The van der Waals surface area contributed by atoms with E-state index in [-0.39, 0.29) is 11.7 Å². The zero-order valence-corrected chi connectivity index (χ0v) is 13.9. The molecular formula is C16H18N2O4S. The van der Waals surface area contributed by atoms with Gasteiger partial charge in [-0.2, -0.15) is 0 Å². The molecule has 1 unspecified atom stereocenters. The Labute approximate surface area is 138 Å². The van der Waals surface area contributed by atoms with E-state index in [1.54, 1.807) is 7.11 Å². The molecule has 0 aliphatic rings. The highest BCUT2D eigenvalue weighted by Crippen LogP contribution is 2.32. The van der Waals surface area contributed by atoms with Gasteiger partial charge in [-0.25, -0.2) is 9.78 Å². The number of carbonyl (C=O) groups excluding carboxylic acids is 1. The number of thioether (sulfide) groups is 1. The first-order valence-electron chi connectivity index (χ1n) is 6.99. The van der Waals surface area contributed by atoms with Gasteiger partial charge in [0.2, 0.25) is 5.91 Å². The van der Waals surface area contributed by atoms with E-state index in [0.29, 0.717) is 5.75 Å². The number of aromatic nitrogens is 1. The Kier molecular flexibility index (Phi) is 5.44. The molecule has 0 spiro atoms. The summed E-state index contributed by atoms with van der Waals surface area (Å²) in [6.07, 6.45) is 0. The highest BCUT2D eigenvalue weighted by molar-refractivity contribution is 7.99. The minimum atomic E-state index is -1.06. The third-order valence-corrected chi connectivity index (χ3v) is 4.34. The number of carboxylic acids is 1. The van der Waals surface area contributed by atoms with Crippen LogP contribution in [0.2, 0.25) is 0 Å². The van der Waals surface area contributed by atoms with Gasteiger partial charge in [0.05, 0.1) is 7.11 Å². The summed E-state index contributed by atoms with van der Waals surface area (Å²) in [5.74, 6) is -0.523. The molecule has 122 valence electrons. The van der Waals surface area contributed by atoms with Gasteiger partial charge in [-0.05, 0) is 19.1 Å². The van der Waals surface area contributed by atoms with Crippen LogP contribution < -0.4 is 10.1 Å². The van der Waals surface area contributed by atoms with Crippen LogP contribution in [0.25, 0.3) is 10.9 Å². The normalized spacial score (nSPS) is 12.0. The zero-order chi connectivity index (χ0) is 17.0. The number of rotatable bonds is 6. The van der Waals surface area contributed by atoms with Gasteiger partial charge in [-0.3, -0.25) is 4.79 Å². The van der Waals surface area contributed by atoms with Gasteiger partial charge in [0.15, 0.2) is 0 Å². The highest BCUT2D eigenvalue weighted by atomic mass is 32.2. The number of aryl methyl sites for hydroxylation is 1. The van der Waals surface area contributed by atoms with E-state index in [2.05, 4.69) is 10.3 Å². The number of benzene rings is 1. The summed E-state index contributed by atoms with van der Waals surface area (Å²) >= 11 is 1.37. The number of methoxy groups -OCH3 is 1. The lowest BCUT2D eigenvalue weighted by atomic mass is 10.2. The Morgan fingerprint density at radius 3 is 2.78 bits per heavy atom. The lowest BCUT2D eigenvalue weighted by Crippen LogP contribution is -2.41. The molecule has 1 aromatic heterocycles. The quantitative estimate of drug-likeness (QED) is 0.788. The number of amides is 1. The summed E-state index contributed by atoms with van der Waals surface area (Å²) in [6, 6.07) is 6.58. The maximum absolute atomic E-state index is 11.2. The molecule has 1 atom stereocenters. The molecule has 2 aromatic rings. The maximum Gasteiger partial charge on any atom is 0.327 e. The van der Waals surface area contributed by atoms with Crippen molar-refractivity contribution in [3.63, 3.8) is 0 Å². The number of hydrogen-bond donors (Lipinski definition) is 2. The van der Waals surface area contributed by atoms with Crippen LogP contribution in [0.3, 0.4) is 0 Å². The van der Waals surface area contributed by atoms with E-state index in [1.807, 2.05) is 31.2 Å². The SMILES string of the molecule is COc1cccc2c(SCC(NC(C)=O)C(=O)O)cc(C)nc12. The molecule has 1 heterocycles. The number of para-hydroxylation sites is 1. The molecule has 0 aliphatic carbocycles. The average molecular weight is 334 g/mol. The molecule has 0 saturated heterocycles. The third-order valence-electron chi connectivity index (χ3n) is 3.19. The predicted octanol–water partition coefficient (Wildman–Crippen LogP) is 2.23. The highest BCUT2D eigenvalue weighted by Gasteiger charge is 2.19. The summed E-state index contributed by atoms with van der Waals surface area (Å²) in [7, 11) is 1.59. The molecule has 0 saturated carbocycles. The molecule has 0 fully saturated rings. The van der Waals surface area contributed by atoms with E-state index in [1.165, 1.54) is 18.7 Å². The lowest BCUT2D eigenvalue weighted by Gasteiger charge is -2.14. The second-order valence-corrected chi connectivity index (χ2v) is 6.08. The second kappa shape index (κ2) is 7.32. The second-order valence-electron chi connectivity index (χ2n) is 5.02. The van der Waals surface area contributed by atoms with Gasteiger partial charge in [0, 0.05) is 28.7 Å². The van der Waals surface area contributed by atoms with Gasteiger partial charge in [0.1, 0.15) is 17.3 Å². The summed E-state index contributed by atoms with van der Waals surface area (Å²) in [4.78, 5) is 27.7. The van der Waals surface area contributed by atoms with Crippen LogP contribution in [0.15, 0.2) is 29.2 Å². The molecular weight excluding hydrogens is 316 g/mol. The number of pyridine rings is 1. The summed E-state index contributed by atoms with van der Waals surface area (Å²) in [6.45, 7) is 3.18. The molecule has 2 rings (SSSR count). The summed E-state index contributed by atoms with van der Waals surface area (Å²) in [5, 5.41) is 12.5. The maximum atomic E-state index is 11.2. The predicted molar refractivity (Wildman–Crippen MR) is 89.0 cm³/mol. The van der Waals surface area contributed by atoms with Crippen molar-refractivity contribution in [1.82, 2.24) is 10.3 Å². The van der Waals surface area contributed by atoms with Gasteiger partial charge in [0.25, 0.3) is 0 Å². The third kappa shape index (κ3) is 4.13. The first-order valence-corrected chi connectivity index (χ1v) is 7.98. The van der Waals surface area contributed by atoms with E-state index in [9.17, 15) is 14.7 Å². The van der Waals surface area contributed by atoms with Crippen molar-refractivity contribution >= 4 is 34.5 Å². The fraction of sp³-hybridized carbons (Fsp3) is 0.312. The van der Waals surface area contributed by atoms with E-state index in [0.717, 1.165) is 21.5 Å². The van der Waals surface area contributed by atoms with Crippen LogP contribution in [0.5, 0.6) is 5.75 Å². The molecule has 6 nitrogen and oxygen atoms in total. The van der Waals surface area contributed by atoms with Crippen LogP contribution in [0.1, 0.15) is 12.6 Å². The van der Waals surface area contributed by atoms with Gasteiger partial charge in [-0.1, -0.05) is 12.1 Å². The van der Waals surface area contributed by atoms with Crippen molar-refractivity contribution in [2.45, 2.75) is 24.8 Å². The Balaban J connectivity index is 2.32. The smallest absolute Gasteiger partial charge is 0.327 e. The number of fused-ring (bicyclic) bond motifs is 1. The van der Waals surface area contributed by atoms with Gasteiger partial charge >= 0.3 is 5.97 Å². The number of nitrogens with one attached hydrogen (secondary N) is 1. The standard InChI is InChI=1S/C16H18N2O4S/c1-9-7-14(23-8-12(16(20)21)18-10(2)19)11-5-4-6-13(22-3)15(11)17-9/h4-7,12H,8H2,1-3H3,(H,18,19)(H,20,21). The van der Waals surface area contributed by atoms with E-state index in [4.69, 9.17) is 4.74 Å².